The van der Waals surface area contributed by atoms with Crippen LogP contribution in [0.5, 0.6) is 0 Å². The van der Waals surface area contributed by atoms with Crippen LogP contribution in [0.4, 0.5) is 11.4 Å². The summed E-state index contributed by atoms with van der Waals surface area (Å²) in [7, 11) is -7.46. The fraction of sp³-hybridized carbons (Fsp3) is 0.161. The second-order valence-corrected chi connectivity index (χ2v) is 12.8. The van der Waals surface area contributed by atoms with Gasteiger partial charge in [0.2, 0.25) is 0 Å². The largest absolute Gasteiger partial charge is 0.292 e. The van der Waals surface area contributed by atoms with Crippen molar-refractivity contribution in [1.29, 1.82) is 0 Å². The number of para-hydroxylation sites is 2. The Balaban J connectivity index is 1.33. The standard InChI is InChI=1S/C31H32N4O4S2/c1-24-12-16-28(17-13-24)40(36,37)34-30-10-5-3-8-26(30)22-32-20-7-21-33-23-27-9-4-6-11-31(27)35-41(38,39)29-18-14-25(2)15-19-29/h3-6,8-19,22-23,34-35H,7,20-21H2,1-2H3. The van der Waals surface area contributed by atoms with Crippen LogP contribution >= 0.6 is 0 Å². The maximum Gasteiger partial charge on any atom is 0.261 e. The molecule has 0 atom stereocenters. The van der Waals surface area contributed by atoms with E-state index in [1.807, 2.05) is 26.0 Å². The van der Waals surface area contributed by atoms with E-state index >= 15 is 0 Å². The minimum Gasteiger partial charge on any atom is -0.292 e. The summed E-state index contributed by atoms with van der Waals surface area (Å²) in [6.45, 7) is 4.77. The number of hydrogen-bond donors (Lipinski definition) is 2. The van der Waals surface area contributed by atoms with Gasteiger partial charge in [0.05, 0.1) is 21.2 Å². The quantitative estimate of drug-likeness (QED) is 0.160. The smallest absolute Gasteiger partial charge is 0.261 e. The molecule has 0 aliphatic rings. The predicted octanol–water partition coefficient (Wildman–Crippen LogP) is 5.83. The summed E-state index contributed by atoms with van der Waals surface area (Å²) >= 11 is 0. The summed E-state index contributed by atoms with van der Waals surface area (Å²) < 4.78 is 56.5. The lowest BCUT2D eigenvalue weighted by Crippen LogP contribution is -2.14. The van der Waals surface area contributed by atoms with E-state index in [-0.39, 0.29) is 9.79 Å². The lowest BCUT2D eigenvalue weighted by Gasteiger charge is -2.11. The molecule has 8 nitrogen and oxygen atoms in total. The Morgan fingerprint density at radius 3 is 1.32 bits per heavy atom. The summed E-state index contributed by atoms with van der Waals surface area (Å²) in [6, 6.07) is 27.5. The summed E-state index contributed by atoms with van der Waals surface area (Å²) in [5.74, 6) is 0. The van der Waals surface area contributed by atoms with Crippen LogP contribution in [0.3, 0.4) is 0 Å². The molecular weight excluding hydrogens is 556 g/mol. The first kappa shape index (κ1) is 29.7. The van der Waals surface area contributed by atoms with Gasteiger partial charge in [-0.2, -0.15) is 0 Å². The van der Waals surface area contributed by atoms with Crippen LogP contribution < -0.4 is 9.44 Å². The van der Waals surface area contributed by atoms with Crippen molar-refractivity contribution in [1.82, 2.24) is 0 Å². The molecule has 212 valence electrons. The van der Waals surface area contributed by atoms with Gasteiger partial charge in [-0.3, -0.25) is 19.4 Å². The van der Waals surface area contributed by atoms with E-state index in [4.69, 9.17) is 0 Å². The lowest BCUT2D eigenvalue weighted by molar-refractivity contribution is 0.599. The highest BCUT2D eigenvalue weighted by molar-refractivity contribution is 7.93. The maximum atomic E-state index is 12.8. The average Bonchev–Trinajstić information content (AvgIpc) is 2.94. The minimum absolute atomic E-state index is 0.192. The van der Waals surface area contributed by atoms with E-state index < -0.39 is 20.0 Å². The Hall–Kier alpha value is -4.28. The van der Waals surface area contributed by atoms with Crippen LogP contribution in [-0.2, 0) is 20.0 Å². The average molecular weight is 589 g/mol. The third kappa shape index (κ3) is 8.36. The first-order valence-corrected chi connectivity index (χ1v) is 16.0. The number of aliphatic imine (C=N–C) groups is 2. The van der Waals surface area contributed by atoms with E-state index in [2.05, 4.69) is 19.4 Å². The second-order valence-electron chi connectivity index (χ2n) is 9.44. The van der Waals surface area contributed by atoms with Gasteiger partial charge in [-0.25, -0.2) is 16.8 Å². The molecule has 0 aromatic heterocycles. The van der Waals surface area contributed by atoms with Crippen molar-refractivity contribution in [2.75, 3.05) is 22.5 Å². The van der Waals surface area contributed by atoms with Crippen LogP contribution in [0.2, 0.25) is 0 Å². The Bertz CT molecular complexity index is 1620. The Kier molecular flexibility index (Phi) is 9.69. The van der Waals surface area contributed by atoms with Gasteiger partial charge in [-0.15, -0.1) is 0 Å². The van der Waals surface area contributed by atoms with Gasteiger partial charge in [0.25, 0.3) is 20.0 Å². The van der Waals surface area contributed by atoms with Crippen LogP contribution in [-0.4, -0.2) is 42.4 Å². The highest BCUT2D eigenvalue weighted by Crippen LogP contribution is 2.21. The van der Waals surface area contributed by atoms with Crippen LogP contribution in [0, 0.1) is 13.8 Å². The monoisotopic (exact) mass is 588 g/mol. The Morgan fingerprint density at radius 2 is 0.927 bits per heavy atom. The molecule has 0 saturated carbocycles. The van der Waals surface area contributed by atoms with E-state index in [0.29, 0.717) is 42.0 Å². The van der Waals surface area contributed by atoms with Crippen LogP contribution in [0.1, 0.15) is 28.7 Å². The molecule has 0 bridgehead atoms. The first-order chi connectivity index (χ1) is 19.6. The highest BCUT2D eigenvalue weighted by Gasteiger charge is 2.16. The fourth-order valence-corrected chi connectivity index (χ4v) is 6.00. The number of nitrogens with zero attached hydrogens (tertiary/aromatic N) is 2. The van der Waals surface area contributed by atoms with E-state index in [1.54, 1.807) is 97.4 Å². The molecule has 4 rings (SSSR count). The normalized spacial score (nSPS) is 12.1. The van der Waals surface area contributed by atoms with Crippen molar-refractivity contribution >= 4 is 43.9 Å². The summed E-state index contributed by atoms with van der Waals surface area (Å²) in [6.07, 6.45) is 3.94. The lowest BCUT2D eigenvalue weighted by atomic mass is 10.2. The summed E-state index contributed by atoms with van der Waals surface area (Å²) in [4.78, 5) is 9.27. The molecule has 2 N–H and O–H groups in total. The zero-order valence-electron chi connectivity index (χ0n) is 22.9. The SMILES string of the molecule is Cc1ccc(S(=O)(=O)Nc2ccccc2C=NCCCN=Cc2ccccc2NS(=O)(=O)c2ccc(C)cc2)cc1. The third-order valence-corrected chi connectivity index (χ3v) is 8.87. The molecule has 0 saturated heterocycles. The van der Waals surface area contributed by atoms with Crippen LogP contribution in [0.15, 0.2) is 117 Å². The Labute approximate surface area is 242 Å². The minimum atomic E-state index is -3.73. The molecule has 0 aliphatic carbocycles. The maximum absolute atomic E-state index is 12.8. The topological polar surface area (TPSA) is 117 Å². The first-order valence-electron chi connectivity index (χ1n) is 13.0. The summed E-state index contributed by atoms with van der Waals surface area (Å²) in [5.41, 5.74) is 4.16. The molecule has 0 fully saturated rings. The number of nitrogens with one attached hydrogen (secondary N) is 2. The molecule has 4 aromatic rings. The number of sulfonamides is 2. The van der Waals surface area contributed by atoms with Gasteiger partial charge in [0.1, 0.15) is 0 Å². The molecular formula is C31H32N4O4S2. The molecule has 0 heterocycles. The van der Waals surface area contributed by atoms with Crippen molar-refractivity contribution in [3.8, 4) is 0 Å². The number of rotatable bonds is 12. The van der Waals surface area contributed by atoms with E-state index in [1.165, 1.54) is 0 Å². The van der Waals surface area contributed by atoms with Crippen molar-refractivity contribution in [3.63, 3.8) is 0 Å². The molecule has 4 aromatic carbocycles. The van der Waals surface area contributed by atoms with Gasteiger partial charge < -0.3 is 0 Å². The predicted molar refractivity (Wildman–Crippen MR) is 166 cm³/mol. The van der Waals surface area contributed by atoms with Gasteiger partial charge >= 0.3 is 0 Å². The number of anilines is 2. The number of benzene rings is 4. The molecule has 0 amide bonds. The van der Waals surface area contributed by atoms with Crippen molar-refractivity contribution in [3.05, 3.63) is 119 Å². The van der Waals surface area contributed by atoms with Crippen LogP contribution in [0.25, 0.3) is 0 Å². The zero-order valence-corrected chi connectivity index (χ0v) is 24.5. The summed E-state index contributed by atoms with van der Waals surface area (Å²) in [5, 5.41) is 0. The van der Waals surface area contributed by atoms with Gasteiger partial charge in [0, 0.05) is 36.6 Å². The van der Waals surface area contributed by atoms with E-state index in [0.717, 1.165) is 11.1 Å². The zero-order chi connectivity index (χ0) is 29.3. The van der Waals surface area contributed by atoms with Crippen molar-refractivity contribution in [2.45, 2.75) is 30.1 Å². The second kappa shape index (κ2) is 13.4. The Morgan fingerprint density at radius 1 is 0.561 bits per heavy atom. The highest BCUT2D eigenvalue weighted by atomic mass is 32.2. The third-order valence-electron chi connectivity index (χ3n) is 6.11. The number of hydrogen-bond acceptors (Lipinski definition) is 6. The van der Waals surface area contributed by atoms with Gasteiger partial charge in [-0.05, 0) is 56.7 Å². The molecule has 0 unspecified atom stereocenters. The van der Waals surface area contributed by atoms with Crippen molar-refractivity contribution in [2.24, 2.45) is 9.98 Å². The fourth-order valence-electron chi connectivity index (χ4n) is 3.83. The van der Waals surface area contributed by atoms with Gasteiger partial charge in [0.15, 0.2) is 0 Å². The molecule has 10 heteroatoms. The van der Waals surface area contributed by atoms with Crippen molar-refractivity contribution < 1.29 is 16.8 Å². The van der Waals surface area contributed by atoms with E-state index in [9.17, 15) is 16.8 Å². The molecule has 41 heavy (non-hydrogen) atoms. The number of aryl methyl sites for hydroxylation is 2. The molecule has 0 spiro atoms. The van der Waals surface area contributed by atoms with Gasteiger partial charge in [-0.1, -0.05) is 71.8 Å². The molecule has 0 aliphatic heterocycles. The molecule has 0 radical (unpaired) electrons.